The number of hydrogen-bond donors (Lipinski definition) is 2. The number of ether oxygens (including phenoxy) is 2. The van der Waals surface area contributed by atoms with Gasteiger partial charge in [-0.05, 0) is 41.7 Å². The molecular formula is C15H17BO4. The fourth-order valence-corrected chi connectivity index (χ4v) is 1.88. The first-order chi connectivity index (χ1) is 9.60. The van der Waals surface area contributed by atoms with Gasteiger partial charge in [-0.3, -0.25) is 0 Å². The van der Waals surface area contributed by atoms with Crippen LogP contribution in [0.1, 0.15) is 11.1 Å². The Morgan fingerprint density at radius 1 is 1.05 bits per heavy atom. The van der Waals surface area contributed by atoms with E-state index >= 15 is 0 Å². The third kappa shape index (κ3) is 3.53. The molecule has 2 aromatic rings. The van der Waals surface area contributed by atoms with Crippen molar-refractivity contribution in [2.75, 3.05) is 7.11 Å². The van der Waals surface area contributed by atoms with E-state index in [-0.39, 0.29) is 0 Å². The summed E-state index contributed by atoms with van der Waals surface area (Å²) in [5, 5.41) is 18.2. The van der Waals surface area contributed by atoms with Crippen molar-refractivity contribution in [3.05, 3.63) is 53.6 Å². The molecule has 0 spiro atoms. The predicted molar refractivity (Wildman–Crippen MR) is 78.3 cm³/mol. The fourth-order valence-electron chi connectivity index (χ4n) is 1.88. The van der Waals surface area contributed by atoms with E-state index in [1.54, 1.807) is 25.3 Å². The molecule has 2 rings (SSSR count). The largest absolute Gasteiger partial charge is 0.497 e. The highest BCUT2D eigenvalue weighted by Crippen LogP contribution is 2.18. The van der Waals surface area contributed by atoms with Crippen LogP contribution in [0, 0.1) is 6.92 Å². The second-order valence-corrected chi connectivity index (χ2v) is 4.54. The third-order valence-corrected chi connectivity index (χ3v) is 3.05. The van der Waals surface area contributed by atoms with Gasteiger partial charge in [-0.15, -0.1) is 0 Å². The number of methoxy groups -OCH3 is 1. The lowest BCUT2D eigenvalue weighted by molar-refractivity contribution is 0.304. The maximum absolute atomic E-state index is 9.10. The van der Waals surface area contributed by atoms with Gasteiger partial charge < -0.3 is 19.5 Å². The zero-order valence-electron chi connectivity index (χ0n) is 11.5. The van der Waals surface area contributed by atoms with Gasteiger partial charge in [-0.1, -0.05) is 24.3 Å². The number of aryl methyl sites for hydroxylation is 1. The van der Waals surface area contributed by atoms with Crippen molar-refractivity contribution in [3.63, 3.8) is 0 Å². The lowest BCUT2D eigenvalue weighted by Gasteiger charge is -2.11. The summed E-state index contributed by atoms with van der Waals surface area (Å²) < 4.78 is 10.8. The van der Waals surface area contributed by atoms with E-state index < -0.39 is 7.12 Å². The van der Waals surface area contributed by atoms with E-state index in [2.05, 4.69) is 0 Å². The number of hydrogen-bond acceptors (Lipinski definition) is 4. The summed E-state index contributed by atoms with van der Waals surface area (Å²) >= 11 is 0. The molecule has 0 fully saturated rings. The molecule has 0 aliphatic rings. The molecule has 104 valence electrons. The first-order valence-corrected chi connectivity index (χ1v) is 6.32. The van der Waals surface area contributed by atoms with Gasteiger partial charge in [0.15, 0.2) is 0 Å². The van der Waals surface area contributed by atoms with Crippen LogP contribution >= 0.6 is 0 Å². The molecule has 0 unspecified atom stereocenters. The van der Waals surface area contributed by atoms with Crippen LogP contribution in [0.2, 0.25) is 0 Å². The van der Waals surface area contributed by atoms with Crippen LogP contribution in [0.15, 0.2) is 42.5 Å². The highest BCUT2D eigenvalue weighted by atomic mass is 16.5. The average molecular weight is 272 g/mol. The molecule has 0 aliphatic heterocycles. The standard InChI is InChI=1S/C15H17BO4/c1-11-9-13(16(17)18)5-8-15(11)20-10-12-3-6-14(19-2)7-4-12/h3-9,17-18H,10H2,1-2H3. The van der Waals surface area contributed by atoms with E-state index in [9.17, 15) is 0 Å². The average Bonchev–Trinajstić information content (AvgIpc) is 2.46. The van der Waals surface area contributed by atoms with E-state index in [4.69, 9.17) is 19.5 Å². The number of benzene rings is 2. The Morgan fingerprint density at radius 3 is 2.30 bits per heavy atom. The molecule has 0 saturated heterocycles. The molecule has 5 heteroatoms. The van der Waals surface area contributed by atoms with E-state index in [1.165, 1.54) is 0 Å². The minimum Gasteiger partial charge on any atom is -0.497 e. The smallest absolute Gasteiger partial charge is 0.488 e. The van der Waals surface area contributed by atoms with Gasteiger partial charge >= 0.3 is 7.12 Å². The normalized spacial score (nSPS) is 10.2. The molecule has 0 radical (unpaired) electrons. The summed E-state index contributed by atoms with van der Waals surface area (Å²) in [6.07, 6.45) is 0. The van der Waals surface area contributed by atoms with Gasteiger partial charge in [0.1, 0.15) is 18.1 Å². The van der Waals surface area contributed by atoms with Crippen LogP contribution in [0.5, 0.6) is 11.5 Å². The molecule has 0 atom stereocenters. The van der Waals surface area contributed by atoms with Crippen molar-refractivity contribution in [2.24, 2.45) is 0 Å². The molecule has 0 bridgehead atoms. The zero-order valence-corrected chi connectivity index (χ0v) is 11.5. The van der Waals surface area contributed by atoms with Crippen molar-refractivity contribution < 1.29 is 19.5 Å². The quantitative estimate of drug-likeness (QED) is 0.804. The number of rotatable bonds is 5. The minimum atomic E-state index is -1.45. The van der Waals surface area contributed by atoms with E-state index in [0.29, 0.717) is 12.1 Å². The predicted octanol–water partition coefficient (Wildman–Crippen LogP) is 1.26. The van der Waals surface area contributed by atoms with Crippen molar-refractivity contribution in [3.8, 4) is 11.5 Å². The molecule has 0 saturated carbocycles. The topological polar surface area (TPSA) is 58.9 Å². The molecule has 0 heterocycles. The lowest BCUT2D eigenvalue weighted by Crippen LogP contribution is -2.29. The highest BCUT2D eigenvalue weighted by Gasteiger charge is 2.12. The lowest BCUT2D eigenvalue weighted by atomic mass is 9.79. The Bertz CT molecular complexity index is 567. The van der Waals surface area contributed by atoms with E-state index in [0.717, 1.165) is 22.6 Å². The second kappa shape index (κ2) is 6.46. The first kappa shape index (κ1) is 14.4. The van der Waals surface area contributed by atoms with Crippen molar-refractivity contribution in [1.29, 1.82) is 0 Å². The summed E-state index contributed by atoms with van der Waals surface area (Å²) in [6, 6.07) is 12.7. The second-order valence-electron chi connectivity index (χ2n) is 4.54. The summed E-state index contributed by atoms with van der Waals surface area (Å²) in [5.41, 5.74) is 2.36. The third-order valence-electron chi connectivity index (χ3n) is 3.05. The van der Waals surface area contributed by atoms with Gasteiger partial charge in [-0.25, -0.2) is 0 Å². The van der Waals surface area contributed by atoms with Crippen LogP contribution in [-0.2, 0) is 6.61 Å². The van der Waals surface area contributed by atoms with Gasteiger partial charge in [0.05, 0.1) is 7.11 Å². The Balaban J connectivity index is 2.03. The van der Waals surface area contributed by atoms with Crippen LogP contribution in [0.4, 0.5) is 0 Å². The van der Waals surface area contributed by atoms with Crippen LogP contribution in [0.3, 0.4) is 0 Å². The Hall–Kier alpha value is -1.98. The van der Waals surface area contributed by atoms with Gasteiger partial charge in [0, 0.05) is 0 Å². The van der Waals surface area contributed by atoms with Crippen molar-refractivity contribution >= 4 is 12.6 Å². The Morgan fingerprint density at radius 2 is 1.75 bits per heavy atom. The molecule has 4 nitrogen and oxygen atoms in total. The Labute approximate surface area is 118 Å². The Kier molecular flexibility index (Phi) is 4.66. The van der Waals surface area contributed by atoms with Crippen LogP contribution in [0.25, 0.3) is 0 Å². The van der Waals surface area contributed by atoms with Crippen LogP contribution in [-0.4, -0.2) is 24.3 Å². The summed E-state index contributed by atoms with van der Waals surface area (Å²) in [6.45, 7) is 2.32. The molecule has 2 aromatic carbocycles. The molecular weight excluding hydrogens is 255 g/mol. The van der Waals surface area contributed by atoms with E-state index in [1.807, 2.05) is 31.2 Å². The van der Waals surface area contributed by atoms with Crippen molar-refractivity contribution in [1.82, 2.24) is 0 Å². The van der Waals surface area contributed by atoms with Gasteiger partial charge in [0.2, 0.25) is 0 Å². The fraction of sp³-hybridized carbons (Fsp3) is 0.200. The van der Waals surface area contributed by atoms with Gasteiger partial charge in [-0.2, -0.15) is 0 Å². The molecule has 20 heavy (non-hydrogen) atoms. The van der Waals surface area contributed by atoms with Crippen molar-refractivity contribution in [2.45, 2.75) is 13.5 Å². The highest BCUT2D eigenvalue weighted by molar-refractivity contribution is 6.58. The maximum atomic E-state index is 9.10. The van der Waals surface area contributed by atoms with Gasteiger partial charge in [0.25, 0.3) is 0 Å². The minimum absolute atomic E-state index is 0.450. The van der Waals surface area contributed by atoms with Crippen LogP contribution < -0.4 is 14.9 Å². The molecule has 0 amide bonds. The molecule has 0 aromatic heterocycles. The SMILES string of the molecule is COc1ccc(COc2ccc(B(O)O)cc2C)cc1. The monoisotopic (exact) mass is 272 g/mol. The molecule has 0 aliphatic carbocycles. The first-order valence-electron chi connectivity index (χ1n) is 6.32. The summed E-state index contributed by atoms with van der Waals surface area (Å²) in [5.74, 6) is 1.54. The zero-order chi connectivity index (χ0) is 14.5. The molecule has 2 N–H and O–H groups in total. The maximum Gasteiger partial charge on any atom is 0.488 e. The summed E-state index contributed by atoms with van der Waals surface area (Å²) in [4.78, 5) is 0. The summed E-state index contributed by atoms with van der Waals surface area (Å²) in [7, 11) is 0.177.